The molecule has 0 radical (unpaired) electrons. The molecule has 2 aromatic carbocycles. The Labute approximate surface area is 155 Å². The second-order valence-corrected chi connectivity index (χ2v) is 8.00. The molecule has 3 aromatic rings. The molecule has 27 heavy (non-hydrogen) atoms. The summed E-state index contributed by atoms with van der Waals surface area (Å²) in [4.78, 5) is 22.9. The second kappa shape index (κ2) is 6.84. The fourth-order valence-corrected chi connectivity index (χ4v) is 3.97. The van der Waals surface area contributed by atoms with E-state index in [1.807, 2.05) is 6.92 Å². The maximum atomic E-state index is 12.8. The molecule has 0 bridgehead atoms. The van der Waals surface area contributed by atoms with Gasteiger partial charge in [0, 0.05) is 24.5 Å². The molecule has 0 unspecified atom stereocenters. The van der Waals surface area contributed by atoms with Crippen molar-refractivity contribution in [3.63, 3.8) is 0 Å². The summed E-state index contributed by atoms with van der Waals surface area (Å²) in [6.45, 7) is 3.69. The van der Waals surface area contributed by atoms with Gasteiger partial charge in [0.15, 0.2) is 0 Å². The highest BCUT2D eigenvalue weighted by Gasteiger charge is 2.21. The average Bonchev–Trinajstić information content (AvgIpc) is 2.98. The Hall–Kier alpha value is -3.20. The van der Waals surface area contributed by atoms with Gasteiger partial charge >= 0.3 is 5.69 Å². The first kappa shape index (κ1) is 18.6. The van der Waals surface area contributed by atoms with Crippen molar-refractivity contribution in [1.29, 1.82) is 0 Å². The summed E-state index contributed by atoms with van der Waals surface area (Å²) < 4.78 is 27.4. The zero-order chi connectivity index (χ0) is 19.8. The standard InChI is InChI=1S/C18H17N3O5S/c1-13-6-7-17(10-14(13)2)27(25,26)20-9-8-19(18(20)22)12-15-4-3-5-16(11-15)21(23)24/h3-11H,12H2,1-2H3. The number of imidazole rings is 1. The van der Waals surface area contributed by atoms with Crippen molar-refractivity contribution in [2.75, 3.05) is 0 Å². The van der Waals surface area contributed by atoms with Crippen LogP contribution in [0.15, 0.2) is 64.5 Å². The van der Waals surface area contributed by atoms with E-state index in [4.69, 9.17) is 0 Å². The lowest BCUT2D eigenvalue weighted by Crippen LogP contribution is -2.29. The minimum absolute atomic E-state index is 0.0238. The number of aromatic nitrogens is 2. The van der Waals surface area contributed by atoms with Crippen molar-refractivity contribution in [3.8, 4) is 0 Å². The fraction of sp³-hybridized carbons (Fsp3) is 0.167. The van der Waals surface area contributed by atoms with Gasteiger partial charge in [-0.2, -0.15) is 3.97 Å². The number of hydrogen-bond donors (Lipinski definition) is 0. The van der Waals surface area contributed by atoms with Crippen LogP contribution in [0.4, 0.5) is 5.69 Å². The van der Waals surface area contributed by atoms with Gasteiger partial charge in [0.1, 0.15) is 0 Å². The molecule has 3 rings (SSSR count). The molecule has 0 amide bonds. The number of aryl methyl sites for hydroxylation is 2. The van der Waals surface area contributed by atoms with Gasteiger partial charge in [-0.05, 0) is 42.7 Å². The van der Waals surface area contributed by atoms with Crippen LogP contribution in [0.5, 0.6) is 0 Å². The molecule has 0 aliphatic carbocycles. The molecule has 1 aromatic heterocycles. The summed E-state index contributed by atoms with van der Waals surface area (Å²) in [5.41, 5.74) is 1.44. The molecule has 0 aliphatic heterocycles. The number of benzene rings is 2. The van der Waals surface area contributed by atoms with Crippen molar-refractivity contribution < 1.29 is 13.3 Å². The van der Waals surface area contributed by atoms with Crippen molar-refractivity contribution in [1.82, 2.24) is 8.54 Å². The van der Waals surface area contributed by atoms with Gasteiger partial charge in [-0.1, -0.05) is 18.2 Å². The van der Waals surface area contributed by atoms with E-state index in [1.54, 1.807) is 19.1 Å². The Morgan fingerprint density at radius 2 is 1.78 bits per heavy atom. The number of nitro groups is 1. The number of rotatable bonds is 5. The maximum absolute atomic E-state index is 12.8. The molecule has 0 N–H and O–H groups in total. The van der Waals surface area contributed by atoms with Crippen molar-refractivity contribution in [2.45, 2.75) is 25.3 Å². The van der Waals surface area contributed by atoms with Crippen LogP contribution < -0.4 is 5.69 Å². The first-order valence-electron chi connectivity index (χ1n) is 8.04. The van der Waals surface area contributed by atoms with E-state index in [0.717, 1.165) is 11.1 Å². The number of nitro benzene ring substituents is 1. The molecule has 0 atom stereocenters. The van der Waals surface area contributed by atoms with Gasteiger partial charge in [0.25, 0.3) is 15.7 Å². The Morgan fingerprint density at radius 3 is 2.44 bits per heavy atom. The predicted molar refractivity (Wildman–Crippen MR) is 99.4 cm³/mol. The van der Waals surface area contributed by atoms with Gasteiger partial charge < -0.3 is 0 Å². The molecular weight excluding hydrogens is 370 g/mol. The molecule has 0 aliphatic rings. The van der Waals surface area contributed by atoms with Crippen LogP contribution in [-0.4, -0.2) is 21.9 Å². The van der Waals surface area contributed by atoms with Gasteiger partial charge in [0.2, 0.25) is 0 Å². The highest BCUT2D eigenvalue weighted by Crippen LogP contribution is 2.17. The van der Waals surface area contributed by atoms with Crippen LogP contribution in [0.1, 0.15) is 16.7 Å². The highest BCUT2D eigenvalue weighted by molar-refractivity contribution is 7.90. The molecule has 140 valence electrons. The van der Waals surface area contributed by atoms with Crippen LogP contribution >= 0.6 is 0 Å². The zero-order valence-electron chi connectivity index (χ0n) is 14.7. The topological polar surface area (TPSA) is 104 Å². The van der Waals surface area contributed by atoms with Crippen molar-refractivity contribution in [2.24, 2.45) is 0 Å². The lowest BCUT2D eigenvalue weighted by molar-refractivity contribution is -0.384. The van der Waals surface area contributed by atoms with Crippen LogP contribution in [0.2, 0.25) is 0 Å². The molecule has 0 saturated heterocycles. The smallest absolute Gasteiger partial charge is 0.294 e. The summed E-state index contributed by atoms with van der Waals surface area (Å²) >= 11 is 0. The Morgan fingerprint density at radius 1 is 1.04 bits per heavy atom. The van der Waals surface area contributed by atoms with Crippen LogP contribution in [0.25, 0.3) is 0 Å². The van der Waals surface area contributed by atoms with E-state index in [0.29, 0.717) is 9.54 Å². The number of nitrogens with zero attached hydrogens (tertiary/aromatic N) is 3. The van der Waals surface area contributed by atoms with Crippen LogP contribution in [0.3, 0.4) is 0 Å². The first-order valence-corrected chi connectivity index (χ1v) is 9.48. The third-order valence-electron chi connectivity index (χ3n) is 4.33. The molecule has 0 saturated carbocycles. The molecule has 8 nitrogen and oxygen atoms in total. The van der Waals surface area contributed by atoms with Crippen molar-refractivity contribution >= 4 is 15.7 Å². The fourth-order valence-electron chi connectivity index (χ4n) is 2.65. The monoisotopic (exact) mass is 387 g/mol. The van der Waals surface area contributed by atoms with E-state index < -0.39 is 20.6 Å². The van der Waals surface area contributed by atoms with E-state index in [1.165, 1.54) is 47.3 Å². The predicted octanol–water partition coefficient (Wildman–Crippen LogP) is 2.46. The largest absolute Gasteiger partial charge is 0.342 e. The lowest BCUT2D eigenvalue weighted by atomic mass is 10.1. The minimum atomic E-state index is -4.03. The Kier molecular flexibility index (Phi) is 4.71. The van der Waals surface area contributed by atoms with E-state index in [9.17, 15) is 23.3 Å². The van der Waals surface area contributed by atoms with E-state index in [-0.39, 0.29) is 17.1 Å². The molecular formula is C18H17N3O5S. The average molecular weight is 387 g/mol. The second-order valence-electron chi connectivity index (χ2n) is 6.18. The van der Waals surface area contributed by atoms with Gasteiger partial charge in [0.05, 0.1) is 16.4 Å². The highest BCUT2D eigenvalue weighted by atomic mass is 32.2. The molecule has 1 heterocycles. The van der Waals surface area contributed by atoms with Crippen LogP contribution in [0, 0.1) is 24.0 Å². The quantitative estimate of drug-likeness (QED) is 0.494. The summed E-state index contributed by atoms with van der Waals surface area (Å²) in [6, 6.07) is 10.5. The van der Waals surface area contributed by atoms with Crippen LogP contribution in [-0.2, 0) is 16.6 Å². The Balaban J connectivity index is 1.97. The summed E-state index contributed by atoms with van der Waals surface area (Å²) in [5.74, 6) is 0. The Bertz CT molecular complexity index is 1190. The van der Waals surface area contributed by atoms with Crippen molar-refractivity contribution in [3.05, 3.63) is 92.1 Å². The molecule has 0 spiro atoms. The molecule has 0 fully saturated rings. The summed E-state index contributed by atoms with van der Waals surface area (Å²) in [7, 11) is -4.03. The summed E-state index contributed by atoms with van der Waals surface area (Å²) in [5, 5.41) is 10.9. The first-order chi connectivity index (χ1) is 12.7. The van der Waals surface area contributed by atoms with Gasteiger partial charge in [-0.15, -0.1) is 0 Å². The third-order valence-corrected chi connectivity index (χ3v) is 5.97. The summed E-state index contributed by atoms with van der Waals surface area (Å²) in [6.07, 6.45) is 2.53. The van der Waals surface area contributed by atoms with Gasteiger partial charge in [-0.25, -0.2) is 13.2 Å². The minimum Gasteiger partial charge on any atom is -0.294 e. The normalized spacial score (nSPS) is 11.5. The SMILES string of the molecule is Cc1ccc(S(=O)(=O)n2ccn(Cc3cccc([N+](=O)[O-])c3)c2=O)cc1C. The maximum Gasteiger partial charge on any atom is 0.342 e. The third kappa shape index (κ3) is 3.54. The van der Waals surface area contributed by atoms with E-state index >= 15 is 0 Å². The van der Waals surface area contributed by atoms with Gasteiger partial charge in [-0.3, -0.25) is 14.7 Å². The lowest BCUT2D eigenvalue weighted by Gasteiger charge is -2.07. The molecule has 9 heteroatoms. The number of non-ortho nitro benzene ring substituents is 1. The number of hydrogen-bond acceptors (Lipinski definition) is 5. The van der Waals surface area contributed by atoms with E-state index in [2.05, 4.69) is 0 Å². The zero-order valence-corrected chi connectivity index (χ0v) is 15.5.